The van der Waals surface area contributed by atoms with Crippen LogP contribution in [0.2, 0.25) is 5.02 Å². The van der Waals surface area contributed by atoms with Crippen LogP contribution in [0.4, 0.5) is 36.4 Å². The topological polar surface area (TPSA) is 81.8 Å². The minimum Gasteiger partial charge on any atom is -0.322 e. The molecule has 3 N–H and O–H groups in total. The van der Waals surface area contributed by atoms with Gasteiger partial charge in [0.2, 0.25) is 5.95 Å². The van der Waals surface area contributed by atoms with Gasteiger partial charge < -0.3 is 15.5 Å². The van der Waals surface area contributed by atoms with Gasteiger partial charge in [-0.3, -0.25) is 5.10 Å². The molecule has 5 rings (SSSR count). The van der Waals surface area contributed by atoms with Gasteiger partial charge in [-0.25, -0.2) is 18.2 Å². The standard InChI is InChI=1S/C24H27ClF3N7/c1-13-7-20(30-23-29-11-18(25)22(32-23)31-21-8-14(2)33-34-21)19(26)9-17(13)15-3-5-35(6-4-15)12-16-10-24(16,27)28/h7-9,11,15-16H,3-6,10,12H2,1-2H3,(H3,29,30,31,32,33,34). The Bertz CT molecular complexity index is 1220. The lowest BCUT2D eigenvalue weighted by molar-refractivity contribution is 0.0831. The lowest BCUT2D eigenvalue weighted by atomic mass is 9.86. The number of aryl methyl sites for hydroxylation is 2. The zero-order chi connectivity index (χ0) is 24.7. The number of nitrogens with zero attached hydrogens (tertiary/aromatic N) is 4. The molecule has 1 aliphatic carbocycles. The maximum absolute atomic E-state index is 15.1. The fraction of sp³-hybridized carbons (Fsp3) is 0.458. The Morgan fingerprint density at radius 2 is 1.91 bits per heavy atom. The van der Waals surface area contributed by atoms with E-state index in [9.17, 15) is 8.78 Å². The first kappa shape index (κ1) is 23.9. The van der Waals surface area contributed by atoms with Gasteiger partial charge in [0.05, 0.1) is 11.9 Å². The molecule has 1 saturated heterocycles. The van der Waals surface area contributed by atoms with Crippen molar-refractivity contribution in [1.82, 2.24) is 25.1 Å². The number of hydrogen-bond donors (Lipinski definition) is 3. The van der Waals surface area contributed by atoms with Gasteiger partial charge in [0.25, 0.3) is 5.92 Å². The molecule has 2 aliphatic rings. The number of alkyl halides is 2. The molecule has 1 aliphatic heterocycles. The Balaban J connectivity index is 1.25. The summed E-state index contributed by atoms with van der Waals surface area (Å²) in [5.41, 5.74) is 3.06. The van der Waals surface area contributed by atoms with E-state index in [1.807, 2.05) is 13.8 Å². The molecule has 3 aromatic rings. The molecule has 0 radical (unpaired) electrons. The van der Waals surface area contributed by atoms with Gasteiger partial charge in [0.15, 0.2) is 11.6 Å². The molecule has 1 saturated carbocycles. The third kappa shape index (κ3) is 5.38. The fourth-order valence-corrected chi connectivity index (χ4v) is 4.82. The lowest BCUT2D eigenvalue weighted by Crippen LogP contribution is -2.35. The van der Waals surface area contributed by atoms with Crippen LogP contribution in [0.15, 0.2) is 24.4 Å². The largest absolute Gasteiger partial charge is 0.322 e. The summed E-state index contributed by atoms with van der Waals surface area (Å²) in [5, 5.41) is 13.2. The van der Waals surface area contributed by atoms with Crippen molar-refractivity contribution in [3.05, 3.63) is 52.1 Å². The van der Waals surface area contributed by atoms with Crippen molar-refractivity contribution in [2.75, 3.05) is 30.3 Å². The van der Waals surface area contributed by atoms with Gasteiger partial charge in [-0.2, -0.15) is 10.1 Å². The number of hydrogen-bond acceptors (Lipinski definition) is 6. The maximum Gasteiger partial charge on any atom is 0.252 e. The summed E-state index contributed by atoms with van der Waals surface area (Å²) in [6.45, 7) is 5.78. The van der Waals surface area contributed by atoms with Crippen LogP contribution in [-0.2, 0) is 0 Å². The van der Waals surface area contributed by atoms with E-state index in [0.29, 0.717) is 23.2 Å². The number of aromatic nitrogens is 4. The summed E-state index contributed by atoms with van der Waals surface area (Å²) in [7, 11) is 0. The predicted octanol–water partition coefficient (Wildman–Crippen LogP) is 5.93. The third-order valence-corrected chi connectivity index (χ3v) is 7.04. The highest BCUT2D eigenvalue weighted by Gasteiger charge is 2.57. The van der Waals surface area contributed by atoms with Gasteiger partial charge in [0.1, 0.15) is 10.8 Å². The highest BCUT2D eigenvalue weighted by molar-refractivity contribution is 6.32. The van der Waals surface area contributed by atoms with Crippen molar-refractivity contribution in [2.24, 2.45) is 5.92 Å². The monoisotopic (exact) mass is 505 g/mol. The molecule has 1 aromatic carbocycles. The molecule has 3 heterocycles. The molecule has 2 fully saturated rings. The molecule has 7 nitrogen and oxygen atoms in total. The number of likely N-dealkylation sites (tertiary alicyclic amines) is 1. The second kappa shape index (κ2) is 9.31. The second-order valence-corrected chi connectivity index (χ2v) is 9.91. The van der Waals surface area contributed by atoms with Crippen LogP contribution in [0, 0.1) is 25.6 Å². The highest BCUT2D eigenvalue weighted by atomic mass is 35.5. The molecule has 186 valence electrons. The Labute approximate surface area is 206 Å². The summed E-state index contributed by atoms with van der Waals surface area (Å²) in [5.74, 6) is -2.09. The number of benzene rings is 1. The number of aromatic amines is 1. The number of anilines is 4. The maximum atomic E-state index is 15.1. The SMILES string of the molecule is Cc1cc(Nc2nc(Nc3cc(C)c(C4CCN(CC5CC5(F)F)CC4)cc3F)ncc2Cl)n[nH]1. The summed E-state index contributed by atoms with van der Waals surface area (Å²) in [4.78, 5) is 10.6. The van der Waals surface area contributed by atoms with Crippen molar-refractivity contribution < 1.29 is 13.2 Å². The normalized spacial score (nSPS) is 20.1. The van der Waals surface area contributed by atoms with Gasteiger partial charge in [-0.05, 0) is 69.0 Å². The molecule has 0 spiro atoms. The summed E-state index contributed by atoms with van der Waals surface area (Å²) in [6.07, 6.45) is 3.09. The van der Waals surface area contributed by atoms with Crippen LogP contribution in [-0.4, -0.2) is 50.6 Å². The molecule has 11 heteroatoms. The van der Waals surface area contributed by atoms with Crippen LogP contribution in [0.25, 0.3) is 0 Å². The highest BCUT2D eigenvalue weighted by Crippen LogP contribution is 2.49. The minimum absolute atomic E-state index is 0.00325. The first-order valence-corrected chi connectivity index (χ1v) is 12.0. The molecule has 2 aromatic heterocycles. The van der Waals surface area contributed by atoms with E-state index < -0.39 is 17.7 Å². The average Bonchev–Trinajstić information content (AvgIpc) is 3.19. The van der Waals surface area contributed by atoms with Crippen molar-refractivity contribution in [1.29, 1.82) is 0 Å². The number of rotatable bonds is 7. The molecular formula is C24H27ClF3N7. The van der Waals surface area contributed by atoms with Gasteiger partial charge in [-0.15, -0.1) is 0 Å². The van der Waals surface area contributed by atoms with E-state index >= 15 is 4.39 Å². The Morgan fingerprint density at radius 3 is 2.57 bits per heavy atom. The molecule has 1 atom stereocenters. The van der Waals surface area contributed by atoms with Crippen LogP contribution in [0.3, 0.4) is 0 Å². The van der Waals surface area contributed by atoms with Crippen molar-refractivity contribution >= 4 is 34.9 Å². The van der Waals surface area contributed by atoms with E-state index in [2.05, 4.69) is 35.7 Å². The lowest BCUT2D eigenvalue weighted by Gasteiger charge is -2.33. The Kier molecular flexibility index (Phi) is 6.35. The van der Waals surface area contributed by atoms with Gasteiger partial charge in [-0.1, -0.05) is 11.6 Å². The van der Waals surface area contributed by atoms with Gasteiger partial charge >= 0.3 is 0 Å². The first-order chi connectivity index (χ1) is 16.7. The van der Waals surface area contributed by atoms with Crippen LogP contribution >= 0.6 is 11.6 Å². The van der Waals surface area contributed by atoms with E-state index in [0.717, 1.165) is 42.8 Å². The molecule has 0 amide bonds. The average molecular weight is 506 g/mol. The van der Waals surface area contributed by atoms with Crippen molar-refractivity contribution in [2.45, 2.75) is 45.0 Å². The number of piperidine rings is 1. The molecule has 0 bridgehead atoms. The van der Waals surface area contributed by atoms with Crippen molar-refractivity contribution in [3.8, 4) is 0 Å². The summed E-state index contributed by atoms with van der Waals surface area (Å²) in [6, 6.07) is 5.12. The van der Waals surface area contributed by atoms with E-state index in [4.69, 9.17) is 11.6 Å². The first-order valence-electron chi connectivity index (χ1n) is 11.7. The van der Waals surface area contributed by atoms with Crippen LogP contribution in [0.1, 0.15) is 42.0 Å². The quantitative estimate of drug-likeness (QED) is 0.369. The van der Waals surface area contributed by atoms with Crippen LogP contribution < -0.4 is 10.6 Å². The van der Waals surface area contributed by atoms with Crippen molar-refractivity contribution in [3.63, 3.8) is 0 Å². The Morgan fingerprint density at radius 1 is 1.17 bits per heavy atom. The fourth-order valence-electron chi connectivity index (χ4n) is 4.68. The smallest absolute Gasteiger partial charge is 0.252 e. The zero-order valence-corrected chi connectivity index (χ0v) is 20.3. The second-order valence-electron chi connectivity index (χ2n) is 9.50. The van der Waals surface area contributed by atoms with E-state index in [-0.39, 0.29) is 24.0 Å². The minimum atomic E-state index is -2.48. The molecule has 1 unspecified atom stereocenters. The summed E-state index contributed by atoms with van der Waals surface area (Å²) >= 11 is 6.21. The molecular weight excluding hydrogens is 479 g/mol. The Hall–Kier alpha value is -2.85. The number of H-pyrrole nitrogens is 1. The van der Waals surface area contributed by atoms with Crippen LogP contribution in [0.5, 0.6) is 0 Å². The van der Waals surface area contributed by atoms with E-state index in [1.54, 1.807) is 18.2 Å². The van der Waals surface area contributed by atoms with Gasteiger partial charge in [0, 0.05) is 30.6 Å². The zero-order valence-electron chi connectivity index (χ0n) is 19.5. The number of nitrogens with one attached hydrogen (secondary N) is 3. The van der Waals surface area contributed by atoms with E-state index in [1.165, 1.54) is 6.20 Å². The summed E-state index contributed by atoms with van der Waals surface area (Å²) < 4.78 is 41.5. The number of halogens is 4. The third-order valence-electron chi connectivity index (χ3n) is 6.76. The molecule has 35 heavy (non-hydrogen) atoms. The predicted molar refractivity (Wildman–Crippen MR) is 130 cm³/mol.